The highest BCUT2D eigenvalue weighted by molar-refractivity contribution is 5.85. The molecule has 3 heteroatoms. The predicted octanol–water partition coefficient (Wildman–Crippen LogP) is 5.25. The summed E-state index contributed by atoms with van der Waals surface area (Å²) in [5.41, 5.74) is 5.44. The number of aromatic nitrogens is 1. The number of benzene rings is 3. The minimum Gasteiger partial charge on any atom is -0.488 e. The average molecular weight is 369 g/mol. The summed E-state index contributed by atoms with van der Waals surface area (Å²) in [6.45, 7) is 5.10. The number of pyridine rings is 1. The minimum absolute atomic E-state index is 0.0572. The summed E-state index contributed by atoms with van der Waals surface area (Å²) in [6, 6.07) is 26.0. The summed E-state index contributed by atoms with van der Waals surface area (Å²) in [4.78, 5) is 12.9. The van der Waals surface area contributed by atoms with Crippen molar-refractivity contribution in [1.29, 1.82) is 0 Å². The number of nitrogens with zero attached hydrogens (tertiary/aromatic N) is 1. The van der Waals surface area contributed by atoms with Crippen molar-refractivity contribution in [3.63, 3.8) is 0 Å². The van der Waals surface area contributed by atoms with E-state index in [1.165, 1.54) is 11.1 Å². The van der Waals surface area contributed by atoms with Crippen LogP contribution in [0.2, 0.25) is 0 Å². The van der Waals surface area contributed by atoms with E-state index >= 15 is 0 Å². The Bertz CT molecular complexity index is 1160. The third-order valence-corrected chi connectivity index (χ3v) is 4.96. The first-order valence-electron chi connectivity index (χ1n) is 9.46. The fraction of sp³-hybridized carbons (Fsp3) is 0.160. The predicted molar refractivity (Wildman–Crippen MR) is 114 cm³/mol. The zero-order valence-corrected chi connectivity index (χ0v) is 16.2. The van der Waals surface area contributed by atoms with Crippen LogP contribution in [0.25, 0.3) is 10.9 Å². The van der Waals surface area contributed by atoms with E-state index in [1.54, 1.807) is 10.6 Å². The molecule has 3 aromatic carbocycles. The number of hydrogen-bond donors (Lipinski definition) is 0. The van der Waals surface area contributed by atoms with Crippen molar-refractivity contribution in [2.45, 2.75) is 27.0 Å². The van der Waals surface area contributed by atoms with Crippen molar-refractivity contribution in [2.75, 3.05) is 0 Å². The molecule has 0 amide bonds. The monoisotopic (exact) mass is 369 g/mol. The van der Waals surface area contributed by atoms with Gasteiger partial charge in [-0.15, -0.1) is 0 Å². The first kappa shape index (κ1) is 18.1. The van der Waals surface area contributed by atoms with Gasteiger partial charge in [0.15, 0.2) is 0 Å². The third-order valence-electron chi connectivity index (χ3n) is 4.96. The number of fused-ring (bicyclic) bond motifs is 1. The molecule has 0 aliphatic carbocycles. The van der Waals surface area contributed by atoms with Gasteiger partial charge < -0.3 is 9.30 Å². The summed E-state index contributed by atoms with van der Waals surface area (Å²) >= 11 is 0. The molecule has 0 bridgehead atoms. The minimum atomic E-state index is -0.0572. The van der Waals surface area contributed by atoms with Gasteiger partial charge in [-0.05, 0) is 37.1 Å². The summed E-state index contributed by atoms with van der Waals surface area (Å²) in [5.74, 6) is 0.626. The van der Waals surface area contributed by atoms with Gasteiger partial charge in [0, 0.05) is 11.5 Å². The molecule has 3 nitrogen and oxygen atoms in total. The molecule has 0 atom stereocenters. The molecule has 0 N–H and O–H groups in total. The Morgan fingerprint density at radius 2 is 1.39 bits per heavy atom. The molecule has 0 aliphatic rings. The number of hydrogen-bond acceptors (Lipinski definition) is 2. The van der Waals surface area contributed by atoms with Crippen LogP contribution in [0, 0.1) is 13.8 Å². The first-order valence-corrected chi connectivity index (χ1v) is 9.46. The zero-order valence-electron chi connectivity index (χ0n) is 16.2. The average Bonchev–Trinajstić information content (AvgIpc) is 2.71. The SMILES string of the molecule is Cc1ccc(COc2cc(=O)n(Cc3ccc(C)cc3)c3ccccc23)cc1. The number of rotatable bonds is 5. The van der Waals surface area contributed by atoms with Crippen LogP contribution in [0.3, 0.4) is 0 Å². The quantitative estimate of drug-likeness (QED) is 0.481. The molecule has 0 saturated carbocycles. The molecular formula is C25H23NO2. The fourth-order valence-corrected chi connectivity index (χ4v) is 3.31. The second-order valence-electron chi connectivity index (χ2n) is 7.21. The van der Waals surface area contributed by atoms with E-state index in [4.69, 9.17) is 4.74 Å². The molecule has 140 valence electrons. The Morgan fingerprint density at radius 1 is 0.786 bits per heavy atom. The van der Waals surface area contributed by atoms with E-state index < -0.39 is 0 Å². The molecule has 0 aliphatic heterocycles. The van der Waals surface area contributed by atoms with Gasteiger partial charge >= 0.3 is 0 Å². The molecule has 0 radical (unpaired) electrons. The molecule has 0 saturated heterocycles. The first-order chi connectivity index (χ1) is 13.6. The maximum atomic E-state index is 12.9. The molecule has 4 rings (SSSR count). The summed E-state index contributed by atoms with van der Waals surface area (Å²) < 4.78 is 7.84. The van der Waals surface area contributed by atoms with Crippen LogP contribution in [0.5, 0.6) is 5.75 Å². The van der Waals surface area contributed by atoms with E-state index in [9.17, 15) is 4.79 Å². The molecule has 1 aromatic heterocycles. The lowest BCUT2D eigenvalue weighted by molar-refractivity contribution is 0.309. The smallest absolute Gasteiger partial charge is 0.255 e. The highest BCUT2D eigenvalue weighted by Gasteiger charge is 2.10. The van der Waals surface area contributed by atoms with E-state index in [0.29, 0.717) is 18.9 Å². The second kappa shape index (κ2) is 7.73. The van der Waals surface area contributed by atoms with Gasteiger partial charge in [-0.25, -0.2) is 0 Å². The van der Waals surface area contributed by atoms with Gasteiger partial charge in [-0.2, -0.15) is 0 Å². The van der Waals surface area contributed by atoms with Crippen molar-refractivity contribution in [1.82, 2.24) is 4.57 Å². The maximum Gasteiger partial charge on any atom is 0.255 e. The van der Waals surface area contributed by atoms with Gasteiger partial charge in [0.1, 0.15) is 12.4 Å². The van der Waals surface area contributed by atoms with Crippen LogP contribution < -0.4 is 10.3 Å². The van der Waals surface area contributed by atoms with E-state index in [-0.39, 0.29) is 5.56 Å². The Morgan fingerprint density at radius 3 is 2.07 bits per heavy atom. The number of para-hydroxylation sites is 1. The molecule has 0 spiro atoms. The van der Waals surface area contributed by atoms with Crippen molar-refractivity contribution in [2.24, 2.45) is 0 Å². The third kappa shape index (κ3) is 3.84. The number of ether oxygens (including phenoxy) is 1. The summed E-state index contributed by atoms with van der Waals surface area (Å²) in [6.07, 6.45) is 0. The van der Waals surface area contributed by atoms with Crippen LogP contribution in [0.4, 0.5) is 0 Å². The van der Waals surface area contributed by atoms with E-state index in [0.717, 1.165) is 22.0 Å². The van der Waals surface area contributed by atoms with Gasteiger partial charge in [0.25, 0.3) is 5.56 Å². The molecule has 1 heterocycles. The Kier molecular flexibility index (Phi) is 4.98. The largest absolute Gasteiger partial charge is 0.488 e. The van der Waals surface area contributed by atoms with Crippen molar-refractivity contribution >= 4 is 10.9 Å². The van der Waals surface area contributed by atoms with Gasteiger partial charge in [0.2, 0.25) is 0 Å². The maximum absolute atomic E-state index is 12.9. The van der Waals surface area contributed by atoms with Crippen molar-refractivity contribution in [3.8, 4) is 5.75 Å². The highest BCUT2D eigenvalue weighted by atomic mass is 16.5. The Labute approximate surface area is 164 Å². The normalized spacial score (nSPS) is 10.9. The van der Waals surface area contributed by atoms with Gasteiger partial charge in [-0.3, -0.25) is 4.79 Å². The van der Waals surface area contributed by atoms with E-state index in [2.05, 4.69) is 62.4 Å². The van der Waals surface area contributed by atoms with Crippen molar-refractivity contribution in [3.05, 3.63) is 111 Å². The topological polar surface area (TPSA) is 31.2 Å². The van der Waals surface area contributed by atoms with Crippen LogP contribution >= 0.6 is 0 Å². The lowest BCUT2D eigenvalue weighted by Gasteiger charge is -2.15. The standard InChI is InChI=1S/C25H23NO2/c1-18-7-11-20(12-8-18)16-26-23-6-4-3-5-22(23)24(15-25(26)27)28-17-21-13-9-19(2)10-14-21/h3-15H,16-17H2,1-2H3. The molecule has 0 unspecified atom stereocenters. The summed E-state index contributed by atoms with van der Waals surface area (Å²) in [5, 5.41) is 0.946. The number of aryl methyl sites for hydroxylation is 2. The highest BCUT2D eigenvalue weighted by Crippen LogP contribution is 2.25. The molecule has 4 aromatic rings. The Balaban J connectivity index is 1.68. The fourth-order valence-electron chi connectivity index (χ4n) is 3.31. The molecule has 28 heavy (non-hydrogen) atoms. The Hall–Kier alpha value is -3.33. The lowest BCUT2D eigenvalue weighted by atomic mass is 10.1. The van der Waals surface area contributed by atoms with E-state index in [1.807, 2.05) is 24.3 Å². The van der Waals surface area contributed by atoms with Crippen LogP contribution in [0.1, 0.15) is 22.3 Å². The van der Waals surface area contributed by atoms with Crippen molar-refractivity contribution < 1.29 is 4.74 Å². The molecule has 0 fully saturated rings. The van der Waals surface area contributed by atoms with Crippen LogP contribution in [-0.2, 0) is 13.2 Å². The molecular weight excluding hydrogens is 346 g/mol. The van der Waals surface area contributed by atoms with Crippen LogP contribution in [0.15, 0.2) is 83.7 Å². The second-order valence-corrected chi connectivity index (χ2v) is 7.21. The lowest BCUT2D eigenvalue weighted by Crippen LogP contribution is -2.21. The van der Waals surface area contributed by atoms with Gasteiger partial charge in [0.05, 0.1) is 12.1 Å². The van der Waals surface area contributed by atoms with Gasteiger partial charge in [-0.1, -0.05) is 71.8 Å². The van der Waals surface area contributed by atoms with Crippen LogP contribution in [-0.4, -0.2) is 4.57 Å². The zero-order chi connectivity index (χ0) is 19.5. The summed E-state index contributed by atoms with van der Waals surface area (Å²) in [7, 11) is 0.